The Morgan fingerprint density at radius 1 is 1.21 bits per heavy atom. The molecule has 1 fully saturated rings. The zero-order chi connectivity index (χ0) is 11.0. The Balaban J connectivity index is 2.69. The smallest absolute Gasteiger partial charge is 0.235 e. The molecule has 5 nitrogen and oxygen atoms in total. The highest BCUT2D eigenvalue weighted by Crippen LogP contribution is 2.38. The third-order valence-corrected chi connectivity index (χ3v) is 2.64. The quantitative estimate of drug-likeness (QED) is 0.504. The van der Waals surface area contributed by atoms with E-state index >= 15 is 0 Å². The summed E-state index contributed by atoms with van der Waals surface area (Å²) < 4.78 is 11.0. The predicted molar refractivity (Wildman–Crippen MR) is 50.3 cm³/mol. The minimum Gasteiger partial charge on any atom is -0.340 e. The van der Waals surface area contributed by atoms with Crippen LogP contribution in [0, 0.1) is 10.1 Å². The zero-order valence-corrected chi connectivity index (χ0v) is 8.81. The molecule has 0 N–H and O–H groups in total. The van der Waals surface area contributed by atoms with Gasteiger partial charge in [0.2, 0.25) is 6.20 Å². The second-order valence-corrected chi connectivity index (χ2v) is 4.25. The SMILES string of the molecule is CC1(C)OC(C=C[N+](=O)[O-])OC1(C)C. The highest BCUT2D eigenvalue weighted by molar-refractivity contribution is 4.98. The molecular formula is C9H15NO4. The molecule has 0 aromatic rings. The van der Waals surface area contributed by atoms with E-state index < -0.39 is 22.4 Å². The minimum absolute atomic E-state index is 0.446. The van der Waals surface area contributed by atoms with Gasteiger partial charge in [-0.1, -0.05) is 0 Å². The first-order valence-electron chi connectivity index (χ1n) is 4.42. The van der Waals surface area contributed by atoms with Gasteiger partial charge in [0.1, 0.15) is 0 Å². The van der Waals surface area contributed by atoms with Gasteiger partial charge >= 0.3 is 0 Å². The van der Waals surface area contributed by atoms with E-state index in [1.54, 1.807) is 0 Å². The monoisotopic (exact) mass is 201 g/mol. The summed E-state index contributed by atoms with van der Waals surface area (Å²) in [5.74, 6) is 0. The molecule has 80 valence electrons. The Bertz CT molecular complexity index is 254. The molecule has 0 saturated carbocycles. The van der Waals surface area contributed by atoms with Gasteiger partial charge in [-0.25, -0.2) is 0 Å². The van der Waals surface area contributed by atoms with Crippen molar-refractivity contribution < 1.29 is 14.4 Å². The summed E-state index contributed by atoms with van der Waals surface area (Å²) >= 11 is 0. The lowest BCUT2D eigenvalue weighted by Crippen LogP contribution is -2.41. The fourth-order valence-corrected chi connectivity index (χ4v) is 1.11. The summed E-state index contributed by atoms with van der Waals surface area (Å²) in [6, 6.07) is 0. The first-order chi connectivity index (χ1) is 6.24. The Hall–Kier alpha value is -0.940. The minimum atomic E-state index is -0.634. The number of hydrogen-bond acceptors (Lipinski definition) is 4. The van der Waals surface area contributed by atoms with Gasteiger partial charge in [-0.15, -0.1) is 0 Å². The first-order valence-corrected chi connectivity index (χ1v) is 4.42. The van der Waals surface area contributed by atoms with Crippen LogP contribution >= 0.6 is 0 Å². The van der Waals surface area contributed by atoms with E-state index in [4.69, 9.17) is 9.47 Å². The van der Waals surface area contributed by atoms with Gasteiger partial charge < -0.3 is 9.47 Å². The molecule has 14 heavy (non-hydrogen) atoms. The van der Waals surface area contributed by atoms with Crippen molar-refractivity contribution in [1.82, 2.24) is 0 Å². The molecule has 1 aliphatic heterocycles. The van der Waals surface area contributed by atoms with Gasteiger partial charge in [0.25, 0.3) is 0 Å². The van der Waals surface area contributed by atoms with Crippen molar-refractivity contribution in [3.05, 3.63) is 22.4 Å². The third-order valence-electron chi connectivity index (χ3n) is 2.64. The summed E-state index contributed by atoms with van der Waals surface area (Å²) in [5, 5.41) is 10.1. The highest BCUT2D eigenvalue weighted by atomic mass is 16.7. The van der Waals surface area contributed by atoms with Crippen LogP contribution in [0.4, 0.5) is 0 Å². The molecule has 1 aliphatic rings. The van der Waals surface area contributed by atoms with Crippen LogP contribution in [-0.2, 0) is 9.47 Å². The fraction of sp³-hybridized carbons (Fsp3) is 0.778. The maximum atomic E-state index is 10.1. The topological polar surface area (TPSA) is 61.6 Å². The van der Waals surface area contributed by atoms with Crippen molar-refractivity contribution in [3.8, 4) is 0 Å². The Labute approximate surface area is 82.8 Å². The van der Waals surface area contributed by atoms with Crippen LogP contribution < -0.4 is 0 Å². The fourth-order valence-electron chi connectivity index (χ4n) is 1.11. The lowest BCUT2D eigenvalue weighted by atomic mass is 9.90. The molecule has 0 spiro atoms. The molecule has 0 bridgehead atoms. The van der Waals surface area contributed by atoms with Crippen LogP contribution in [0.1, 0.15) is 27.7 Å². The summed E-state index contributed by atoms with van der Waals surface area (Å²) in [5.41, 5.74) is -0.892. The van der Waals surface area contributed by atoms with Crippen LogP contribution in [0.3, 0.4) is 0 Å². The zero-order valence-electron chi connectivity index (χ0n) is 8.81. The summed E-state index contributed by atoms with van der Waals surface area (Å²) in [4.78, 5) is 9.55. The van der Waals surface area contributed by atoms with Crippen LogP contribution in [0.5, 0.6) is 0 Å². The molecule has 0 amide bonds. The van der Waals surface area contributed by atoms with Crippen LogP contribution in [0.15, 0.2) is 12.3 Å². The van der Waals surface area contributed by atoms with Crippen molar-refractivity contribution >= 4 is 0 Å². The molecule has 0 aliphatic carbocycles. The summed E-state index contributed by atoms with van der Waals surface area (Å²) in [6.07, 6.45) is 1.50. The van der Waals surface area contributed by atoms with E-state index in [-0.39, 0.29) is 0 Å². The van der Waals surface area contributed by atoms with Gasteiger partial charge in [0.15, 0.2) is 6.29 Å². The standard InChI is InChI=1S/C9H15NO4/c1-8(2)9(3,4)14-7(13-8)5-6-10(11)12/h5-7H,1-4H3. The van der Waals surface area contributed by atoms with Crippen molar-refractivity contribution in [3.63, 3.8) is 0 Å². The van der Waals surface area contributed by atoms with Crippen molar-refractivity contribution in [2.24, 2.45) is 0 Å². The van der Waals surface area contributed by atoms with E-state index in [1.807, 2.05) is 27.7 Å². The highest BCUT2D eigenvalue weighted by Gasteiger charge is 2.48. The number of ether oxygens (including phenoxy) is 2. The normalized spacial score (nSPS) is 25.7. The van der Waals surface area contributed by atoms with Gasteiger partial charge in [-0.05, 0) is 27.7 Å². The number of hydrogen-bond donors (Lipinski definition) is 0. The molecule has 0 atom stereocenters. The van der Waals surface area contributed by atoms with Crippen LogP contribution in [-0.4, -0.2) is 22.4 Å². The molecule has 1 heterocycles. The van der Waals surface area contributed by atoms with Crippen LogP contribution in [0.25, 0.3) is 0 Å². The van der Waals surface area contributed by atoms with Crippen molar-refractivity contribution in [2.45, 2.75) is 45.2 Å². The van der Waals surface area contributed by atoms with E-state index in [9.17, 15) is 10.1 Å². The maximum absolute atomic E-state index is 10.1. The van der Waals surface area contributed by atoms with E-state index in [0.29, 0.717) is 0 Å². The number of nitrogens with zero attached hydrogens (tertiary/aromatic N) is 1. The van der Waals surface area contributed by atoms with E-state index in [2.05, 4.69) is 0 Å². The van der Waals surface area contributed by atoms with Crippen molar-refractivity contribution in [1.29, 1.82) is 0 Å². The second kappa shape index (κ2) is 3.33. The number of nitro groups is 1. The Kier molecular flexibility index (Phi) is 2.65. The molecular weight excluding hydrogens is 186 g/mol. The Morgan fingerprint density at radius 2 is 1.64 bits per heavy atom. The molecule has 0 unspecified atom stereocenters. The maximum Gasteiger partial charge on any atom is 0.235 e. The molecule has 5 heteroatoms. The molecule has 1 rings (SSSR count). The molecule has 0 aromatic carbocycles. The number of rotatable bonds is 2. The van der Waals surface area contributed by atoms with Gasteiger partial charge in [-0.3, -0.25) is 10.1 Å². The summed E-state index contributed by atoms with van der Waals surface area (Å²) in [7, 11) is 0. The predicted octanol–water partition coefficient (Wildman–Crippen LogP) is 1.71. The molecule has 0 radical (unpaired) electrons. The van der Waals surface area contributed by atoms with Gasteiger partial charge in [-0.2, -0.15) is 0 Å². The average Bonchev–Trinajstić information content (AvgIpc) is 2.17. The average molecular weight is 201 g/mol. The van der Waals surface area contributed by atoms with Gasteiger partial charge in [0.05, 0.1) is 16.1 Å². The second-order valence-electron chi connectivity index (χ2n) is 4.25. The van der Waals surface area contributed by atoms with Crippen molar-refractivity contribution in [2.75, 3.05) is 0 Å². The van der Waals surface area contributed by atoms with Crippen LogP contribution in [0.2, 0.25) is 0 Å². The molecule has 1 saturated heterocycles. The molecule has 0 aromatic heterocycles. The first kappa shape index (κ1) is 11.1. The lowest BCUT2D eigenvalue weighted by molar-refractivity contribution is -0.403. The van der Waals surface area contributed by atoms with E-state index in [1.165, 1.54) is 6.08 Å². The lowest BCUT2D eigenvalue weighted by Gasteiger charge is -2.30. The van der Waals surface area contributed by atoms with E-state index in [0.717, 1.165) is 6.20 Å². The Morgan fingerprint density at radius 3 is 2.00 bits per heavy atom. The summed E-state index contributed by atoms with van der Waals surface area (Å²) in [6.45, 7) is 7.58. The third kappa shape index (κ3) is 2.10. The van der Waals surface area contributed by atoms with Gasteiger partial charge in [0, 0.05) is 6.08 Å². The largest absolute Gasteiger partial charge is 0.340 e.